The van der Waals surface area contributed by atoms with E-state index in [4.69, 9.17) is 10.8 Å². The van der Waals surface area contributed by atoms with Crippen LogP contribution in [0.15, 0.2) is 18.2 Å². The van der Waals surface area contributed by atoms with E-state index < -0.39 is 11.9 Å². The summed E-state index contributed by atoms with van der Waals surface area (Å²) in [5.74, 6) is -0.828. The Balaban J connectivity index is 2.22. The van der Waals surface area contributed by atoms with Crippen LogP contribution in [0.1, 0.15) is 10.4 Å². The Bertz CT molecular complexity index is 402. The maximum atomic E-state index is 12.9. The third kappa shape index (κ3) is 1.78. The van der Waals surface area contributed by atoms with Crippen LogP contribution < -0.4 is 5.73 Å². The monoisotopic (exact) mass is 210 g/mol. The van der Waals surface area contributed by atoms with E-state index in [-0.39, 0.29) is 30.2 Å². The van der Waals surface area contributed by atoms with Crippen LogP contribution in [0, 0.1) is 5.82 Å². The zero-order valence-electron chi connectivity index (χ0n) is 7.98. The van der Waals surface area contributed by atoms with E-state index >= 15 is 0 Å². The summed E-state index contributed by atoms with van der Waals surface area (Å²) in [5, 5.41) is 9.04. The second-order valence-corrected chi connectivity index (χ2v) is 3.60. The van der Waals surface area contributed by atoms with E-state index in [1.54, 1.807) is 0 Å². The molecule has 0 radical (unpaired) electrons. The summed E-state index contributed by atoms with van der Waals surface area (Å²) in [5.41, 5.74) is 5.97. The summed E-state index contributed by atoms with van der Waals surface area (Å²) < 4.78 is 12.9. The number of β-amino-alcohol motifs (C(OH)–C–C–N with tert-alkyl or cyclic N) is 1. The molecule has 5 heteroatoms. The number of hydrogen-bond acceptors (Lipinski definition) is 3. The van der Waals surface area contributed by atoms with Gasteiger partial charge in [-0.2, -0.15) is 0 Å². The highest BCUT2D eigenvalue weighted by Crippen LogP contribution is 2.19. The Labute approximate surface area is 86.1 Å². The fourth-order valence-electron chi connectivity index (χ4n) is 1.51. The van der Waals surface area contributed by atoms with Crippen molar-refractivity contribution in [2.24, 2.45) is 0 Å². The van der Waals surface area contributed by atoms with Crippen molar-refractivity contribution in [3.8, 4) is 0 Å². The first-order valence-electron chi connectivity index (χ1n) is 4.60. The molecular weight excluding hydrogens is 199 g/mol. The lowest BCUT2D eigenvalue weighted by molar-refractivity contribution is 0.00594. The van der Waals surface area contributed by atoms with Crippen molar-refractivity contribution in [1.29, 1.82) is 0 Å². The van der Waals surface area contributed by atoms with Crippen molar-refractivity contribution in [1.82, 2.24) is 4.90 Å². The van der Waals surface area contributed by atoms with Crippen molar-refractivity contribution in [3.63, 3.8) is 0 Å². The minimum Gasteiger partial charge on any atom is -0.398 e. The number of hydrogen-bond donors (Lipinski definition) is 2. The molecule has 0 aliphatic carbocycles. The van der Waals surface area contributed by atoms with E-state index in [1.807, 2.05) is 0 Å². The summed E-state index contributed by atoms with van der Waals surface area (Å²) in [4.78, 5) is 13.1. The zero-order valence-corrected chi connectivity index (χ0v) is 7.98. The Morgan fingerprint density at radius 2 is 2.20 bits per heavy atom. The summed E-state index contributed by atoms with van der Waals surface area (Å²) in [6.07, 6.45) is -0.469. The van der Waals surface area contributed by atoms with Gasteiger partial charge >= 0.3 is 0 Å². The highest BCUT2D eigenvalue weighted by molar-refractivity contribution is 5.99. The van der Waals surface area contributed by atoms with Gasteiger partial charge in [0.15, 0.2) is 0 Å². The number of nitrogens with zero attached hydrogens (tertiary/aromatic N) is 1. The standard InChI is InChI=1S/C10H11FN2O2/c11-6-1-2-9(12)8(3-6)10(15)13-4-7(14)5-13/h1-3,7,14H,4-5,12H2. The molecule has 80 valence electrons. The number of aliphatic hydroxyl groups excluding tert-OH is 1. The SMILES string of the molecule is Nc1ccc(F)cc1C(=O)N1CC(O)C1. The minimum atomic E-state index is -0.492. The molecule has 1 aromatic rings. The van der Waals surface area contributed by atoms with E-state index in [2.05, 4.69) is 0 Å². The number of halogens is 1. The predicted molar refractivity (Wildman–Crippen MR) is 52.7 cm³/mol. The highest BCUT2D eigenvalue weighted by atomic mass is 19.1. The van der Waals surface area contributed by atoms with Gasteiger partial charge in [-0.25, -0.2) is 4.39 Å². The molecule has 0 aromatic heterocycles. The lowest BCUT2D eigenvalue weighted by Crippen LogP contribution is -2.53. The molecule has 2 rings (SSSR count). The zero-order chi connectivity index (χ0) is 11.0. The molecule has 4 nitrogen and oxygen atoms in total. The second-order valence-electron chi connectivity index (χ2n) is 3.60. The lowest BCUT2D eigenvalue weighted by atomic mass is 10.1. The smallest absolute Gasteiger partial charge is 0.256 e. The maximum absolute atomic E-state index is 12.9. The van der Waals surface area contributed by atoms with Gasteiger partial charge < -0.3 is 15.7 Å². The average molecular weight is 210 g/mol. The molecule has 15 heavy (non-hydrogen) atoms. The molecule has 1 heterocycles. The number of benzene rings is 1. The molecule has 0 bridgehead atoms. The topological polar surface area (TPSA) is 66.6 Å². The van der Waals surface area contributed by atoms with Crippen LogP contribution >= 0.6 is 0 Å². The third-order valence-electron chi connectivity index (χ3n) is 2.40. The number of nitrogens with two attached hydrogens (primary N) is 1. The Morgan fingerprint density at radius 1 is 1.53 bits per heavy atom. The van der Waals surface area contributed by atoms with Gasteiger partial charge in [-0.15, -0.1) is 0 Å². The first-order valence-corrected chi connectivity index (χ1v) is 4.60. The molecule has 0 saturated carbocycles. The second kappa shape index (κ2) is 3.51. The van der Waals surface area contributed by atoms with Gasteiger partial charge in [0.2, 0.25) is 0 Å². The van der Waals surface area contributed by atoms with Gasteiger partial charge in [-0.05, 0) is 18.2 Å². The minimum absolute atomic E-state index is 0.155. The van der Waals surface area contributed by atoms with Crippen LogP contribution in [0.5, 0.6) is 0 Å². The van der Waals surface area contributed by atoms with Crippen molar-refractivity contribution in [3.05, 3.63) is 29.6 Å². The van der Waals surface area contributed by atoms with Crippen LogP contribution in [0.3, 0.4) is 0 Å². The Morgan fingerprint density at radius 3 is 2.80 bits per heavy atom. The van der Waals surface area contributed by atoms with Gasteiger partial charge in [0.05, 0.1) is 11.7 Å². The summed E-state index contributed by atoms with van der Waals surface area (Å²) in [6.45, 7) is 0.573. The number of carbonyl (C=O) groups is 1. The van der Waals surface area contributed by atoms with Gasteiger partial charge in [-0.1, -0.05) is 0 Å². The summed E-state index contributed by atoms with van der Waals surface area (Å²) in [7, 11) is 0. The number of aliphatic hydroxyl groups is 1. The molecule has 1 aliphatic heterocycles. The number of rotatable bonds is 1. The average Bonchev–Trinajstić information content (AvgIpc) is 2.16. The van der Waals surface area contributed by atoms with Gasteiger partial charge in [-0.3, -0.25) is 4.79 Å². The van der Waals surface area contributed by atoms with Crippen LogP contribution in [0.25, 0.3) is 0 Å². The molecule has 0 spiro atoms. The molecule has 1 aromatic carbocycles. The van der Waals surface area contributed by atoms with Crippen molar-refractivity contribution >= 4 is 11.6 Å². The molecule has 1 fully saturated rings. The van der Waals surface area contributed by atoms with Crippen molar-refractivity contribution < 1.29 is 14.3 Å². The number of carbonyl (C=O) groups excluding carboxylic acids is 1. The Hall–Kier alpha value is -1.62. The number of nitrogen functional groups attached to an aromatic ring is 1. The normalized spacial score (nSPS) is 16.3. The van der Waals surface area contributed by atoms with Gasteiger partial charge in [0, 0.05) is 18.8 Å². The van der Waals surface area contributed by atoms with E-state index in [0.717, 1.165) is 6.07 Å². The van der Waals surface area contributed by atoms with Crippen molar-refractivity contribution in [2.75, 3.05) is 18.8 Å². The molecule has 1 saturated heterocycles. The fourth-order valence-corrected chi connectivity index (χ4v) is 1.51. The number of anilines is 1. The quantitative estimate of drug-likeness (QED) is 0.652. The van der Waals surface area contributed by atoms with E-state index in [0.29, 0.717) is 0 Å². The number of amides is 1. The van der Waals surface area contributed by atoms with Crippen LogP contribution in [0.4, 0.5) is 10.1 Å². The molecule has 1 amide bonds. The molecule has 3 N–H and O–H groups in total. The largest absolute Gasteiger partial charge is 0.398 e. The highest BCUT2D eigenvalue weighted by Gasteiger charge is 2.30. The van der Waals surface area contributed by atoms with Gasteiger partial charge in [0.1, 0.15) is 5.82 Å². The molecule has 1 aliphatic rings. The fraction of sp³-hybridized carbons (Fsp3) is 0.300. The lowest BCUT2D eigenvalue weighted by Gasteiger charge is -2.36. The molecule has 0 atom stereocenters. The molecule has 0 unspecified atom stereocenters. The summed E-state index contributed by atoms with van der Waals surface area (Å²) in [6, 6.07) is 3.68. The van der Waals surface area contributed by atoms with Gasteiger partial charge in [0.25, 0.3) is 5.91 Å². The van der Waals surface area contributed by atoms with Crippen LogP contribution in [0.2, 0.25) is 0 Å². The number of likely N-dealkylation sites (tertiary alicyclic amines) is 1. The van der Waals surface area contributed by atoms with Crippen LogP contribution in [-0.2, 0) is 0 Å². The third-order valence-corrected chi connectivity index (χ3v) is 2.40. The van der Waals surface area contributed by atoms with Crippen molar-refractivity contribution in [2.45, 2.75) is 6.10 Å². The van der Waals surface area contributed by atoms with Crippen LogP contribution in [-0.4, -0.2) is 35.1 Å². The first kappa shape index (κ1) is 9.92. The first-order chi connectivity index (χ1) is 7.08. The van der Waals surface area contributed by atoms with E-state index in [1.165, 1.54) is 17.0 Å². The van der Waals surface area contributed by atoms with E-state index in [9.17, 15) is 9.18 Å². The molecular formula is C10H11FN2O2. The maximum Gasteiger partial charge on any atom is 0.256 e. The Kier molecular flexibility index (Phi) is 2.32. The summed E-state index contributed by atoms with van der Waals surface area (Å²) >= 11 is 0. The predicted octanol–water partition coefficient (Wildman–Crippen LogP) is 0.225.